The smallest absolute Gasteiger partial charge is 0.411 e. The van der Waals surface area contributed by atoms with Gasteiger partial charge in [0, 0.05) is 6.42 Å². The van der Waals surface area contributed by atoms with Crippen molar-refractivity contribution in [3.05, 3.63) is 0 Å². The third kappa shape index (κ3) is 1.52. The summed E-state index contributed by atoms with van der Waals surface area (Å²) in [5.74, 6) is 0.170. The second-order valence-corrected chi connectivity index (χ2v) is 5.58. The predicted molar refractivity (Wildman–Crippen MR) is 54.5 cm³/mol. The molecule has 4 heteroatoms. The lowest BCUT2D eigenvalue weighted by Crippen LogP contribution is -2.31. The minimum absolute atomic E-state index is 0.170. The lowest BCUT2D eigenvalue weighted by Gasteiger charge is -2.21. The van der Waals surface area contributed by atoms with Gasteiger partial charge < -0.3 is 4.74 Å². The third-order valence-corrected chi connectivity index (χ3v) is 3.10. The Morgan fingerprint density at radius 1 is 1.53 bits per heavy atom. The van der Waals surface area contributed by atoms with Gasteiger partial charge in [0.2, 0.25) is 0 Å². The van der Waals surface area contributed by atoms with E-state index in [0.29, 0.717) is 6.42 Å². The van der Waals surface area contributed by atoms with Gasteiger partial charge in [0.05, 0.1) is 5.54 Å². The highest BCUT2D eigenvalue weighted by Crippen LogP contribution is 2.51. The van der Waals surface area contributed by atoms with Crippen LogP contribution in [-0.4, -0.2) is 34.0 Å². The van der Waals surface area contributed by atoms with Crippen LogP contribution in [0.4, 0.5) is 4.79 Å². The Kier molecular flexibility index (Phi) is 1.91. The number of nitrogens with zero attached hydrogens (tertiary/aromatic N) is 1. The second-order valence-electron chi connectivity index (χ2n) is 5.58. The maximum absolute atomic E-state index is 11.7. The van der Waals surface area contributed by atoms with Crippen molar-refractivity contribution in [2.45, 2.75) is 57.7 Å². The zero-order valence-electron chi connectivity index (χ0n) is 9.66. The van der Waals surface area contributed by atoms with Crippen LogP contribution >= 0.6 is 0 Å². The lowest BCUT2D eigenvalue weighted by atomic mass is 10.1. The molecule has 0 aromatic carbocycles. The van der Waals surface area contributed by atoms with Crippen LogP contribution in [0.1, 0.15) is 40.5 Å². The molecule has 1 saturated carbocycles. The molecule has 1 amide bonds. The number of fused-ring (bicyclic) bond motifs is 1. The first-order valence-corrected chi connectivity index (χ1v) is 5.31. The molecule has 2 aliphatic rings. The number of carbonyl (C=O) groups excluding carboxylic acids is 2. The summed E-state index contributed by atoms with van der Waals surface area (Å²) in [6.07, 6.45) is 1.01. The third-order valence-electron chi connectivity index (χ3n) is 3.10. The van der Waals surface area contributed by atoms with E-state index >= 15 is 0 Å². The number of ether oxygens (including phenoxy) is 1. The molecule has 1 unspecified atom stereocenters. The van der Waals surface area contributed by atoms with Gasteiger partial charge in [-0.25, -0.2) is 4.79 Å². The summed E-state index contributed by atoms with van der Waals surface area (Å²) in [5, 5.41) is 0. The minimum Gasteiger partial charge on any atom is -0.444 e. The highest BCUT2D eigenvalue weighted by molar-refractivity contribution is 5.97. The topological polar surface area (TPSA) is 46.4 Å². The van der Waals surface area contributed by atoms with Crippen LogP contribution < -0.4 is 0 Å². The SMILES string of the molecule is CC(C)(C)OC(=O)N1C2C(=O)CC[C@@]21C. The molecule has 2 fully saturated rings. The number of ketones is 1. The van der Waals surface area contributed by atoms with Crippen molar-refractivity contribution < 1.29 is 14.3 Å². The van der Waals surface area contributed by atoms with Crippen LogP contribution in [0, 0.1) is 0 Å². The Bertz CT molecular complexity index is 331. The van der Waals surface area contributed by atoms with Crippen LogP contribution in [0.15, 0.2) is 0 Å². The van der Waals surface area contributed by atoms with E-state index in [-0.39, 0.29) is 23.5 Å². The summed E-state index contributed by atoms with van der Waals surface area (Å²) in [6.45, 7) is 7.43. The predicted octanol–water partition coefficient (Wildman–Crippen LogP) is 1.73. The van der Waals surface area contributed by atoms with Gasteiger partial charge in [0.25, 0.3) is 0 Å². The first-order chi connectivity index (χ1) is 6.76. The van der Waals surface area contributed by atoms with Crippen molar-refractivity contribution in [3.8, 4) is 0 Å². The van der Waals surface area contributed by atoms with Gasteiger partial charge in [-0.15, -0.1) is 0 Å². The molecule has 1 heterocycles. The van der Waals surface area contributed by atoms with Gasteiger partial charge in [-0.2, -0.15) is 0 Å². The van der Waals surface area contributed by atoms with Crippen LogP contribution in [-0.2, 0) is 9.53 Å². The van der Waals surface area contributed by atoms with Crippen molar-refractivity contribution in [1.82, 2.24) is 4.90 Å². The molecule has 15 heavy (non-hydrogen) atoms. The van der Waals surface area contributed by atoms with Crippen LogP contribution in [0.25, 0.3) is 0 Å². The largest absolute Gasteiger partial charge is 0.444 e. The number of hydrogen-bond acceptors (Lipinski definition) is 3. The van der Waals surface area contributed by atoms with E-state index in [0.717, 1.165) is 6.42 Å². The first-order valence-electron chi connectivity index (χ1n) is 5.31. The molecule has 0 spiro atoms. The summed E-state index contributed by atoms with van der Waals surface area (Å²) in [7, 11) is 0. The fraction of sp³-hybridized carbons (Fsp3) is 0.818. The fourth-order valence-corrected chi connectivity index (χ4v) is 2.32. The van der Waals surface area contributed by atoms with Gasteiger partial charge in [0.1, 0.15) is 11.6 Å². The summed E-state index contributed by atoms with van der Waals surface area (Å²) in [5.41, 5.74) is -0.743. The zero-order valence-corrected chi connectivity index (χ0v) is 9.66. The van der Waals surface area contributed by atoms with Crippen molar-refractivity contribution in [1.29, 1.82) is 0 Å². The normalized spacial score (nSPS) is 34.0. The molecular formula is C11H17NO3. The average Bonchev–Trinajstić information content (AvgIpc) is 2.56. The van der Waals surface area contributed by atoms with Crippen LogP contribution in [0.5, 0.6) is 0 Å². The summed E-state index contributed by atoms with van der Waals surface area (Å²) < 4.78 is 5.25. The highest BCUT2D eigenvalue weighted by Gasteiger charge is 2.69. The number of carbonyl (C=O) groups is 2. The van der Waals surface area contributed by atoms with E-state index in [4.69, 9.17) is 4.74 Å². The number of piperidine rings is 1. The second kappa shape index (κ2) is 2.74. The van der Waals surface area contributed by atoms with Gasteiger partial charge in [-0.1, -0.05) is 0 Å². The van der Waals surface area contributed by atoms with Crippen molar-refractivity contribution >= 4 is 11.9 Å². The molecule has 0 aromatic heterocycles. The molecule has 1 saturated heterocycles. The van der Waals surface area contributed by atoms with Gasteiger partial charge in [-0.05, 0) is 34.1 Å². The molecule has 1 aliphatic carbocycles. The lowest BCUT2D eigenvalue weighted by molar-refractivity contribution is -0.118. The molecule has 84 valence electrons. The number of Topliss-reactive ketones (excluding diaryl/α,β-unsaturated/α-hetero) is 1. The zero-order chi connectivity index (χ0) is 11.4. The Morgan fingerprint density at radius 2 is 2.13 bits per heavy atom. The number of rotatable bonds is 0. The summed E-state index contributed by atoms with van der Waals surface area (Å²) in [4.78, 5) is 24.8. The Morgan fingerprint density at radius 3 is 2.53 bits per heavy atom. The van der Waals surface area contributed by atoms with E-state index in [9.17, 15) is 9.59 Å². The number of likely N-dealkylation sites (tertiary alicyclic amines) is 1. The van der Waals surface area contributed by atoms with E-state index in [1.165, 1.54) is 0 Å². The van der Waals surface area contributed by atoms with Crippen LogP contribution in [0.3, 0.4) is 0 Å². The van der Waals surface area contributed by atoms with Crippen molar-refractivity contribution in [2.24, 2.45) is 0 Å². The molecule has 0 bridgehead atoms. The maximum atomic E-state index is 11.7. The average molecular weight is 211 g/mol. The van der Waals surface area contributed by atoms with Crippen molar-refractivity contribution in [3.63, 3.8) is 0 Å². The monoisotopic (exact) mass is 211 g/mol. The van der Waals surface area contributed by atoms with Crippen LogP contribution in [0.2, 0.25) is 0 Å². The Hall–Kier alpha value is -1.06. The number of hydrogen-bond donors (Lipinski definition) is 0. The molecule has 0 N–H and O–H groups in total. The van der Waals surface area contributed by atoms with E-state index < -0.39 is 5.60 Å². The van der Waals surface area contributed by atoms with Gasteiger partial charge in [0.15, 0.2) is 5.78 Å². The molecular weight excluding hydrogens is 194 g/mol. The standard InChI is InChI=1S/C11H17NO3/c1-10(2,3)15-9(14)12-8-7(13)5-6-11(8,12)4/h8H,5-6H2,1-4H3/t8?,11-,12?/m0/s1. The molecule has 1 aliphatic heterocycles. The summed E-state index contributed by atoms with van der Waals surface area (Å²) >= 11 is 0. The fourth-order valence-electron chi connectivity index (χ4n) is 2.32. The Labute approximate surface area is 89.6 Å². The summed E-state index contributed by atoms with van der Waals surface area (Å²) in [6, 6.07) is -0.215. The first kappa shape index (κ1) is 10.5. The highest BCUT2D eigenvalue weighted by atomic mass is 16.6. The molecule has 0 radical (unpaired) electrons. The molecule has 0 aromatic rings. The minimum atomic E-state index is -0.493. The molecule has 4 nitrogen and oxygen atoms in total. The van der Waals surface area contributed by atoms with Gasteiger partial charge >= 0.3 is 6.09 Å². The number of amides is 1. The quantitative estimate of drug-likeness (QED) is 0.573. The molecule has 2 rings (SSSR count). The van der Waals surface area contributed by atoms with Gasteiger partial charge in [-0.3, -0.25) is 9.69 Å². The Balaban J connectivity index is 2.04. The van der Waals surface area contributed by atoms with E-state index in [1.807, 2.05) is 27.7 Å². The van der Waals surface area contributed by atoms with Crippen molar-refractivity contribution in [2.75, 3.05) is 0 Å². The van der Waals surface area contributed by atoms with E-state index in [2.05, 4.69) is 0 Å². The maximum Gasteiger partial charge on any atom is 0.411 e. The molecule has 2 atom stereocenters. The van der Waals surface area contributed by atoms with E-state index in [1.54, 1.807) is 4.90 Å².